The molecule has 1 fully saturated rings. The molecule has 1 aliphatic rings. The molecule has 0 amide bonds. The summed E-state index contributed by atoms with van der Waals surface area (Å²) in [6.45, 7) is 3.50. The van der Waals surface area contributed by atoms with Crippen LogP contribution < -0.4 is 4.74 Å². The molecule has 0 unspecified atom stereocenters. The molecule has 4 heteroatoms. The Hall–Kier alpha value is -2.07. The Morgan fingerprint density at radius 3 is 2.54 bits per heavy atom. The van der Waals surface area contributed by atoms with Gasteiger partial charge in [0, 0.05) is 24.4 Å². The average molecular weight is 355 g/mol. The lowest BCUT2D eigenvalue weighted by atomic mass is 10.0. The first-order valence-corrected chi connectivity index (χ1v) is 9.75. The summed E-state index contributed by atoms with van der Waals surface area (Å²) < 4.78 is 11.4. The summed E-state index contributed by atoms with van der Waals surface area (Å²) in [6, 6.07) is 12.1. The number of aromatic nitrogens is 1. The molecule has 1 saturated heterocycles. The summed E-state index contributed by atoms with van der Waals surface area (Å²) in [5.74, 6) is 0.681. The third kappa shape index (κ3) is 5.73. The van der Waals surface area contributed by atoms with Crippen LogP contribution in [0.5, 0.6) is 11.6 Å². The molecule has 0 aliphatic carbocycles. The van der Waals surface area contributed by atoms with Gasteiger partial charge in [-0.3, -0.25) is 0 Å². The molecule has 2 heterocycles. The highest BCUT2D eigenvalue weighted by Gasteiger charge is 2.15. The van der Waals surface area contributed by atoms with Gasteiger partial charge in [-0.25, -0.2) is 4.98 Å². The van der Waals surface area contributed by atoms with E-state index >= 15 is 0 Å². The van der Waals surface area contributed by atoms with Gasteiger partial charge in [0.1, 0.15) is 12.4 Å². The molecule has 1 N–H and O–H groups in total. The Morgan fingerprint density at radius 1 is 1.08 bits per heavy atom. The first-order valence-electron chi connectivity index (χ1n) is 9.75. The van der Waals surface area contributed by atoms with Crippen LogP contribution >= 0.6 is 0 Å². The molecule has 0 saturated carbocycles. The van der Waals surface area contributed by atoms with Gasteiger partial charge in [0.05, 0.1) is 6.10 Å². The van der Waals surface area contributed by atoms with E-state index in [1.807, 2.05) is 0 Å². The number of hydrogen-bond acceptors (Lipinski definition) is 4. The van der Waals surface area contributed by atoms with E-state index in [2.05, 4.69) is 36.2 Å². The molecule has 0 spiro atoms. The highest BCUT2D eigenvalue weighted by molar-refractivity contribution is 5.30. The average Bonchev–Trinajstić information content (AvgIpc) is 2.67. The fourth-order valence-electron chi connectivity index (χ4n) is 3.30. The number of rotatable bonds is 8. The highest BCUT2D eigenvalue weighted by Crippen LogP contribution is 2.21. The van der Waals surface area contributed by atoms with Crippen molar-refractivity contribution in [3.63, 3.8) is 0 Å². The van der Waals surface area contributed by atoms with E-state index in [4.69, 9.17) is 9.47 Å². The van der Waals surface area contributed by atoms with Crippen molar-refractivity contribution >= 4 is 0 Å². The second-order valence-electron chi connectivity index (χ2n) is 7.02. The lowest BCUT2D eigenvalue weighted by molar-refractivity contribution is -0.0120. The van der Waals surface area contributed by atoms with Crippen molar-refractivity contribution in [2.75, 3.05) is 13.2 Å². The van der Waals surface area contributed by atoms with Crippen LogP contribution in [-0.4, -0.2) is 29.4 Å². The zero-order valence-corrected chi connectivity index (χ0v) is 15.6. The van der Waals surface area contributed by atoms with Gasteiger partial charge < -0.3 is 14.6 Å². The lowest BCUT2D eigenvalue weighted by Gasteiger charge is -2.22. The molecule has 26 heavy (non-hydrogen) atoms. The Bertz CT molecular complexity index is 678. The van der Waals surface area contributed by atoms with Gasteiger partial charge in [0.2, 0.25) is 5.88 Å². The van der Waals surface area contributed by atoms with Crippen molar-refractivity contribution in [2.45, 2.75) is 58.0 Å². The SMILES string of the molecule is CCCc1ccc(CCc2cc(O)cc(OC[C@H]3CCCCO3)n2)cc1. The minimum atomic E-state index is 0.137. The third-order valence-electron chi connectivity index (χ3n) is 4.76. The number of nitrogens with zero attached hydrogens (tertiary/aromatic N) is 1. The summed E-state index contributed by atoms with van der Waals surface area (Å²) in [5, 5.41) is 9.97. The lowest BCUT2D eigenvalue weighted by Crippen LogP contribution is -2.26. The topological polar surface area (TPSA) is 51.6 Å². The zero-order valence-electron chi connectivity index (χ0n) is 15.6. The van der Waals surface area contributed by atoms with Gasteiger partial charge in [0.15, 0.2) is 0 Å². The predicted molar refractivity (Wildman–Crippen MR) is 103 cm³/mol. The van der Waals surface area contributed by atoms with Crippen LogP contribution in [0.4, 0.5) is 0 Å². The summed E-state index contributed by atoms with van der Waals surface area (Å²) in [6.07, 6.45) is 7.44. The van der Waals surface area contributed by atoms with Gasteiger partial charge in [-0.05, 0) is 49.7 Å². The first-order chi connectivity index (χ1) is 12.7. The van der Waals surface area contributed by atoms with E-state index in [-0.39, 0.29) is 11.9 Å². The first kappa shape index (κ1) is 18.7. The van der Waals surface area contributed by atoms with Crippen molar-refractivity contribution < 1.29 is 14.6 Å². The van der Waals surface area contributed by atoms with Crippen LogP contribution in [-0.2, 0) is 24.0 Å². The number of aryl methyl sites for hydroxylation is 3. The maximum Gasteiger partial charge on any atom is 0.217 e. The molecule has 0 radical (unpaired) electrons. The number of ether oxygens (including phenoxy) is 2. The molecule has 1 atom stereocenters. The van der Waals surface area contributed by atoms with Crippen molar-refractivity contribution in [3.8, 4) is 11.6 Å². The van der Waals surface area contributed by atoms with Gasteiger partial charge in [0.25, 0.3) is 0 Å². The predicted octanol–water partition coefficient (Wildman–Crippen LogP) is 4.47. The van der Waals surface area contributed by atoms with Gasteiger partial charge in [-0.2, -0.15) is 0 Å². The van der Waals surface area contributed by atoms with Gasteiger partial charge >= 0.3 is 0 Å². The molecule has 0 bridgehead atoms. The molecule has 3 rings (SSSR count). The van der Waals surface area contributed by atoms with Crippen LogP contribution in [0, 0.1) is 0 Å². The van der Waals surface area contributed by atoms with E-state index in [1.165, 1.54) is 24.0 Å². The minimum Gasteiger partial charge on any atom is -0.508 e. The number of hydrogen-bond donors (Lipinski definition) is 1. The quantitative estimate of drug-likeness (QED) is 0.759. The van der Waals surface area contributed by atoms with Crippen LogP contribution in [0.25, 0.3) is 0 Å². The molecule has 1 aromatic heterocycles. The molecule has 2 aromatic rings. The van der Waals surface area contributed by atoms with Crippen LogP contribution in [0.3, 0.4) is 0 Å². The standard InChI is InChI=1S/C22H29NO3/c1-2-5-17-7-9-18(10-8-17)11-12-19-14-20(24)15-22(23-19)26-16-21-6-3-4-13-25-21/h7-10,14-15,21H,2-6,11-13,16H2,1H3,(H,23,24)/t21-/m1/s1. The van der Waals surface area contributed by atoms with Gasteiger partial charge in [-0.15, -0.1) is 0 Å². The van der Waals surface area contributed by atoms with E-state index in [0.29, 0.717) is 12.5 Å². The smallest absolute Gasteiger partial charge is 0.217 e. The summed E-state index contributed by atoms with van der Waals surface area (Å²) >= 11 is 0. The third-order valence-corrected chi connectivity index (χ3v) is 4.76. The van der Waals surface area contributed by atoms with Crippen LogP contribution in [0.15, 0.2) is 36.4 Å². The van der Waals surface area contributed by atoms with Crippen molar-refractivity contribution in [1.29, 1.82) is 0 Å². The Balaban J connectivity index is 1.54. The summed E-state index contributed by atoms with van der Waals surface area (Å²) in [7, 11) is 0. The monoisotopic (exact) mass is 355 g/mol. The van der Waals surface area contributed by atoms with E-state index in [9.17, 15) is 5.11 Å². The van der Waals surface area contributed by atoms with Crippen LogP contribution in [0.2, 0.25) is 0 Å². The molecule has 140 valence electrons. The summed E-state index contributed by atoms with van der Waals surface area (Å²) in [5.41, 5.74) is 3.52. The van der Waals surface area contributed by atoms with Crippen molar-refractivity contribution in [1.82, 2.24) is 4.98 Å². The molecule has 1 aromatic carbocycles. The number of aromatic hydroxyl groups is 1. The van der Waals surface area contributed by atoms with E-state index in [0.717, 1.165) is 44.4 Å². The van der Waals surface area contributed by atoms with Gasteiger partial charge in [-0.1, -0.05) is 37.6 Å². The van der Waals surface area contributed by atoms with Crippen molar-refractivity contribution in [3.05, 3.63) is 53.2 Å². The number of pyridine rings is 1. The summed E-state index contributed by atoms with van der Waals surface area (Å²) in [4.78, 5) is 4.54. The molecular weight excluding hydrogens is 326 g/mol. The fourth-order valence-corrected chi connectivity index (χ4v) is 3.30. The Morgan fingerprint density at radius 2 is 1.85 bits per heavy atom. The molecule has 1 aliphatic heterocycles. The van der Waals surface area contributed by atoms with E-state index in [1.54, 1.807) is 12.1 Å². The second kappa shape index (κ2) is 9.58. The maximum absolute atomic E-state index is 9.97. The van der Waals surface area contributed by atoms with Crippen molar-refractivity contribution in [2.24, 2.45) is 0 Å². The Labute approximate surface area is 156 Å². The maximum atomic E-state index is 9.97. The molecular formula is C22H29NO3. The van der Waals surface area contributed by atoms with Crippen LogP contribution in [0.1, 0.15) is 49.4 Å². The Kier molecular flexibility index (Phi) is 6.89. The normalized spacial score (nSPS) is 17.2. The van der Waals surface area contributed by atoms with E-state index < -0.39 is 0 Å². The largest absolute Gasteiger partial charge is 0.508 e. The highest BCUT2D eigenvalue weighted by atomic mass is 16.5. The zero-order chi connectivity index (χ0) is 18.2. The minimum absolute atomic E-state index is 0.137. The number of benzene rings is 1. The molecule has 4 nitrogen and oxygen atoms in total. The fraction of sp³-hybridized carbons (Fsp3) is 0.500. The second-order valence-corrected chi connectivity index (χ2v) is 7.02.